The molecule has 6 nitrogen and oxygen atoms in total. The van der Waals surface area contributed by atoms with E-state index in [4.69, 9.17) is 11.6 Å². The summed E-state index contributed by atoms with van der Waals surface area (Å²) in [4.78, 5) is 21.7. The smallest absolute Gasteiger partial charge is 0.257 e. The van der Waals surface area contributed by atoms with Gasteiger partial charge in [0.1, 0.15) is 11.3 Å². The molecule has 0 fully saturated rings. The fourth-order valence-electron chi connectivity index (χ4n) is 3.01. The number of likely N-dealkylation sites (N-methyl/N-ethyl adjacent to an activating group) is 1. The number of anilines is 2. The van der Waals surface area contributed by atoms with Crippen LogP contribution in [0, 0.1) is 17.5 Å². The second-order valence-corrected chi connectivity index (χ2v) is 6.97. The highest BCUT2D eigenvalue weighted by molar-refractivity contribution is 6.31. The molecule has 0 radical (unpaired) electrons. The van der Waals surface area contributed by atoms with E-state index in [9.17, 15) is 18.0 Å². The van der Waals surface area contributed by atoms with E-state index in [1.807, 2.05) is 13.8 Å². The zero-order valence-electron chi connectivity index (χ0n) is 16.5. The SMILES string of the molecule is CCN(CC)CCNc1nc2c(F)c(F)cc(C(=O)Nc3ccc(F)c(Cl)c3)c2[nH]1. The summed E-state index contributed by atoms with van der Waals surface area (Å²) < 4.78 is 41.6. The minimum absolute atomic E-state index is 0.0462. The van der Waals surface area contributed by atoms with Crippen LogP contribution in [0.4, 0.5) is 24.8 Å². The van der Waals surface area contributed by atoms with E-state index in [2.05, 4.69) is 25.5 Å². The third-order valence-corrected chi connectivity index (χ3v) is 4.99. The Bertz CT molecular complexity index is 1070. The Hall–Kier alpha value is -2.78. The number of halogens is 4. The number of carbonyl (C=O) groups is 1. The zero-order valence-corrected chi connectivity index (χ0v) is 17.2. The van der Waals surface area contributed by atoms with Crippen molar-refractivity contribution in [3.8, 4) is 0 Å². The number of nitrogens with one attached hydrogen (secondary N) is 3. The van der Waals surface area contributed by atoms with Crippen LogP contribution in [-0.2, 0) is 0 Å². The fraction of sp³-hybridized carbons (Fsp3) is 0.300. The van der Waals surface area contributed by atoms with E-state index in [-0.39, 0.29) is 33.3 Å². The number of hydrogen-bond acceptors (Lipinski definition) is 4. The molecule has 0 aliphatic rings. The first kappa shape index (κ1) is 21.9. The maximum absolute atomic E-state index is 14.3. The number of aromatic nitrogens is 2. The minimum atomic E-state index is -1.20. The van der Waals surface area contributed by atoms with Gasteiger partial charge in [0, 0.05) is 18.8 Å². The maximum Gasteiger partial charge on any atom is 0.257 e. The van der Waals surface area contributed by atoms with Gasteiger partial charge in [-0.2, -0.15) is 0 Å². The molecule has 10 heteroatoms. The number of hydrogen-bond donors (Lipinski definition) is 3. The summed E-state index contributed by atoms with van der Waals surface area (Å²) in [6.07, 6.45) is 0. The molecule has 3 N–H and O–H groups in total. The van der Waals surface area contributed by atoms with Gasteiger partial charge in [0.25, 0.3) is 5.91 Å². The number of nitrogens with zero attached hydrogens (tertiary/aromatic N) is 2. The first-order valence-electron chi connectivity index (χ1n) is 9.44. The number of fused-ring (bicyclic) bond motifs is 1. The number of benzene rings is 2. The second-order valence-electron chi connectivity index (χ2n) is 6.57. The van der Waals surface area contributed by atoms with Gasteiger partial charge < -0.3 is 20.5 Å². The molecule has 0 saturated carbocycles. The summed E-state index contributed by atoms with van der Waals surface area (Å²) in [7, 11) is 0. The lowest BCUT2D eigenvalue weighted by atomic mass is 10.1. The molecule has 3 aromatic rings. The van der Waals surface area contributed by atoms with Gasteiger partial charge in [-0.25, -0.2) is 18.2 Å². The average molecular weight is 440 g/mol. The summed E-state index contributed by atoms with van der Waals surface area (Å²) in [6.45, 7) is 7.12. The van der Waals surface area contributed by atoms with Crippen LogP contribution in [0.25, 0.3) is 11.0 Å². The summed E-state index contributed by atoms with van der Waals surface area (Å²) in [5, 5.41) is 5.34. The van der Waals surface area contributed by atoms with Gasteiger partial charge in [-0.3, -0.25) is 4.79 Å². The van der Waals surface area contributed by atoms with E-state index in [0.29, 0.717) is 6.54 Å². The molecule has 0 saturated heterocycles. The van der Waals surface area contributed by atoms with Gasteiger partial charge in [-0.15, -0.1) is 0 Å². The molecule has 3 rings (SSSR count). The Morgan fingerprint density at radius 2 is 1.90 bits per heavy atom. The van der Waals surface area contributed by atoms with Crippen molar-refractivity contribution in [3.63, 3.8) is 0 Å². The first-order chi connectivity index (χ1) is 14.3. The molecule has 0 bridgehead atoms. The summed E-state index contributed by atoms with van der Waals surface area (Å²) in [5.74, 6) is -3.50. The number of aromatic amines is 1. The van der Waals surface area contributed by atoms with Crippen LogP contribution < -0.4 is 10.6 Å². The number of H-pyrrole nitrogens is 1. The normalized spacial score (nSPS) is 11.3. The summed E-state index contributed by atoms with van der Waals surface area (Å²) >= 11 is 5.72. The molecule has 1 amide bonds. The zero-order chi connectivity index (χ0) is 21.8. The van der Waals surface area contributed by atoms with Gasteiger partial charge in [0.2, 0.25) is 5.95 Å². The largest absolute Gasteiger partial charge is 0.355 e. The van der Waals surface area contributed by atoms with Gasteiger partial charge in [0.05, 0.1) is 16.1 Å². The van der Waals surface area contributed by atoms with Crippen molar-refractivity contribution < 1.29 is 18.0 Å². The molecule has 2 aromatic carbocycles. The quantitative estimate of drug-likeness (QED) is 0.478. The van der Waals surface area contributed by atoms with E-state index < -0.39 is 23.4 Å². The van der Waals surface area contributed by atoms with E-state index in [1.165, 1.54) is 12.1 Å². The van der Waals surface area contributed by atoms with Crippen molar-refractivity contribution in [3.05, 3.63) is 52.3 Å². The summed E-state index contributed by atoms with van der Waals surface area (Å²) in [5.41, 5.74) is -0.178. The first-order valence-corrected chi connectivity index (χ1v) is 9.82. The second kappa shape index (κ2) is 9.36. The Balaban J connectivity index is 1.86. The average Bonchev–Trinajstić information content (AvgIpc) is 3.15. The van der Waals surface area contributed by atoms with Crippen LogP contribution in [-0.4, -0.2) is 47.0 Å². The molecule has 0 aliphatic carbocycles. The van der Waals surface area contributed by atoms with E-state index in [0.717, 1.165) is 31.8 Å². The van der Waals surface area contributed by atoms with Crippen molar-refractivity contribution in [1.82, 2.24) is 14.9 Å². The molecule has 1 heterocycles. The molecule has 0 unspecified atom stereocenters. The minimum Gasteiger partial charge on any atom is -0.355 e. The third-order valence-electron chi connectivity index (χ3n) is 4.70. The highest BCUT2D eigenvalue weighted by atomic mass is 35.5. The van der Waals surface area contributed by atoms with Gasteiger partial charge in [0.15, 0.2) is 11.6 Å². The number of rotatable bonds is 8. The molecular weight excluding hydrogens is 419 g/mol. The maximum atomic E-state index is 14.3. The van der Waals surface area contributed by atoms with E-state index in [1.54, 1.807) is 0 Å². The Kier molecular flexibility index (Phi) is 6.84. The molecular formula is C20H21ClF3N5O. The predicted molar refractivity (Wildman–Crippen MR) is 112 cm³/mol. The van der Waals surface area contributed by atoms with Crippen molar-refractivity contribution in [2.45, 2.75) is 13.8 Å². The predicted octanol–water partition coefficient (Wildman–Crippen LogP) is 4.64. The lowest BCUT2D eigenvalue weighted by molar-refractivity contribution is 0.102. The van der Waals surface area contributed by atoms with Gasteiger partial charge >= 0.3 is 0 Å². The van der Waals surface area contributed by atoms with Gasteiger partial charge in [-0.05, 0) is 37.4 Å². The van der Waals surface area contributed by atoms with Crippen LogP contribution in [0.15, 0.2) is 24.3 Å². The molecule has 0 aliphatic heterocycles. The number of carbonyl (C=O) groups excluding carboxylic acids is 1. The topological polar surface area (TPSA) is 73.1 Å². The molecule has 0 spiro atoms. The Morgan fingerprint density at radius 1 is 1.17 bits per heavy atom. The molecule has 0 atom stereocenters. The van der Waals surface area contributed by atoms with Crippen molar-refractivity contribution in [1.29, 1.82) is 0 Å². The highest BCUT2D eigenvalue weighted by Gasteiger charge is 2.21. The lowest BCUT2D eigenvalue weighted by Gasteiger charge is -2.17. The highest BCUT2D eigenvalue weighted by Crippen LogP contribution is 2.26. The summed E-state index contributed by atoms with van der Waals surface area (Å²) in [6, 6.07) is 4.41. The molecule has 30 heavy (non-hydrogen) atoms. The third kappa shape index (κ3) is 4.68. The van der Waals surface area contributed by atoms with E-state index >= 15 is 0 Å². The number of imidazole rings is 1. The van der Waals surface area contributed by atoms with Crippen molar-refractivity contribution in [2.24, 2.45) is 0 Å². The number of amides is 1. The van der Waals surface area contributed by atoms with Crippen molar-refractivity contribution >= 4 is 40.2 Å². The molecule has 1 aromatic heterocycles. The van der Waals surface area contributed by atoms with Crippen LogP contribution >= 0.6 is 11.6 Å². The van der Waals surface area contributed by atoms with Crippen LogP contribution in [0.3, 0.4) is 0 Å². The Morgan fingerprint density at radius 3 is 2.57 bits per heavy atom. The molecule has 160 valence electrons. The van der Waals surface area contributed by atoms with Gasteiger partial charge in [-0.1, -0.05) is 25.4 Å². The van der Waals surface area contributed by atoms with Crippen LogP contribution in [0.5, 0.6) is 0 Å². The lowest BCUT2D eigenvalue weighted by Crippen LogP contribution is -2.28. The Labute approximate surface area is 176 Å². The standard InChI is InChI=1S/C20H21ClF3N5O/c1-3-29(4-2)8-7-25-20-27-17-12(10-15(23)16(24)18(17)28-20)19(30)26-11-5-6-14(22)13(21)9-11/h5-6,9-10H,3-4,7-8H2,1-2H3,(H,26,30)(H2,25,27,28). The van der Waals surface area contributed by atoms with Crippen molar-refractivity contribution in [2.75, 3.05) is 36.8 Å². The monoisotopic (exact) mass is 439 g/mol. The van der Waals surface area contributed by atoms with Crippen LogP contribution in [0.1, 0.15) is 24.2 Å². The fourth-order valence-corrected chi connectivity index (χ4v) is 3.19. The van der Waals surface area contributed by atoms with Crippen LogP contribution in [0.2, 0.25) is 5.02 Å².